The van der Waals surface area contributed by atoms with Crippen LogP contribution >= 0.6 is 11.3 Å². The van der Waals surface area contributed by atoms with E-state index >= 15 is 0 Å². The molecule has 150 valence electrons. The lowest BCUT2D eigenvalue weighted by Gasteiger charge is -2.13. The van der Waals surface area contributed by atoms with E-state index in [4.69, 9.17) is 0 Å². The second-order valence-electron chi connectivity index (χ2n) is 6.85. The molecule has 0 bridgehead atoms. The van der Waals surface area contributed by atoms with Gasteiger partial charge in [-0.2, -0.15) is 5.10 Å². The van der Waals surface area contributed by atoms with Crippen molar-refractivity contribution in [2.45, 2.75) is 26.2 Å². The van der Waals surface area contributed by atoms with Crippen molar-refractivity contribution in [3.8, 4) is 5.69 Å². The summed E-state index contributed by atoms with van der Waals surface area (Å²) < 4.78 is 14.9. The molecule has 0 radical (unpaired) electrons. The molecule has 2 aromatic heterocycles. The van der Waals surface area contributed by atoms with Crippen LogP contribution in [0.3, 0.4) is 0 Å². The van der Waals surface area contributed by atoms with E-state index < -0.39 is 0 Å². The predicted octanol–water partition coefficient (Wildman–Crippen LogP) is 2.80. The Morgan fingerprint density at radius 1 is 1.21 bits per heavy atom. The molecule has 0 atom stereocenters. The van der Waals surface area contributed by atoms with Crippen LogP contribution in [0.5, 0.6) is 0 Å². The van der Waals surface area contributed by atoms with Gasteiger partial charge in [0.15, 0.2) is 0 Å². The first kappa shape index (κ1) is 19.3. The van der Waals surface area contributed by atoms with Gasteiger partial charge in [0.05, 0.1) is 16.3 Å². The Hall–Kier alpha value is -3.07. The van der Waals surface area contributed by atoms with Crippen LogP contribution in [0, 0.1) is 12.7 Å². The van der Waals surface area contributed by atoms with Crippen LogP contribution in [-0.4, -0.2) is 45.5 Å². The fraction of sp³-hybridized carbons (Fsp3) is 0.300. The maximum Gasteiger partial charge on any atom is 0.261 e. The Labute approximate surface area is 170 Å². The summed E-state index contributed by atoms with van der Waals surface area (Å²) >= 11 is 1.31. The molecule has 1 aromatic carbocycles. The van der Waals surface area contributed by atoms with Crippen molar-refractivity contribution in [2.24, 2.45) is 0 Å². The van der Waals surface area contributed by atoms with Crippen LogP contribution in [0.2, 0.25) is 0 Å². The maximum atomic E-state index is 13.2. The number of benzene rings is 1. The molecule has 29 heavy (non-hydrogen) atoms. The average molecular weight is 414 g/mol. The Morgan fingerprint density at radius 3 is 2.59 bits per heavy atom. The summed E-state index contributed by atoms with van der Waals surface area (Å²) in [5, 5.41) is 8.19. The second-order valence-corrected chi connectivity index (χ2v) is 7.88. The highest BCUT2D eigenvalue weighted by atomic mass is 32.1. The summed E-state index contributed by atoms with van der Waals surface area (Å²) in [6, 6.07) is 7.82. The normalized spacial score (nSPS) is 14.2. The molecule has 0 saturated carbocycles. The van der Waals surface area contributed by atoms with Crippen molar-refractivity contribution in [1.82, 2.24) is 20.0 Å². The second kappa shape index (κ2) is 7.75. The maximum absolute atomic E-state index is 13.2. The van der Waals surface area contributed by atoms with E-state index in [9.17, 15) is 18.8 Å². The SMILES string of the molecule is Cc1nn(-c2ccc(F)cc2)c2sc(C(=O)NCCCN3C(=O)CCC3=O)cc12. The molecule has 9 heteroatoms. The van der Waals surface area contributed by atoms with Gasteiger partial charge in [-0.3, -0.25) is 19.3 Å². The van der Waals surface area contributed by atoms with E-state index in [1.165, 1.54) is 28.4 Å². The first-order valence-electron chi connectivity index (χ1n) is 9.30. The van der Waals surface area contributed by atoms with Gasteiger partial charge in [-0.25, -0.2) is 9.07 Å². The number of fused-ring (bicyclic) bond motifs is 1. The number of imide groups is 1. The highest BCUT2D eigenvalue weighted by Gasteiger charge is 2.28. The van der Waals surface area contributed by atoms with Crippen molar-refractivity contribution < 1.29 is 18.8 Å². The zero-order chi connectivity index (χ0) is 20.5. The average Bonchev–Trinajstić information content (AvgIpc) is 3.36. The molecule has 3 aromatic rings. The van der Waals surface area contributed by atoms with E-state index in [0.717, 1.165) is 21.6 Å². The Bertz CT molecular complexity index is 1090. The fourth-order valence-corrected chi connectivity index (χ4v) is 4.41. The number of carbonyl (C=O) groups excluding carboxylic acids is 3. The Morgan fingerprint density at radius 2 is 1.90 bits per heavy atom. The molecule has 1 aliphatic heterocycles. The predicted molar refractivity (Wildman–Crippen MR) is 107 cm³/mol. The number of hydrogen-bond donors (Lipinski definition) is 1. The molecule has 1 N–H and O–H groups in total. The molecule has 1 fully saturated rings. The zero-order valence-corrected chi connectivity index (χ0v) is 16.6. The third-order valence-electron chi connectivity index (χ3n) is 4.84. The lowest BCUT2D eigenvalue weighted by Crippen LogP contribution is -2.33. The Kier molecular flexibility index (Phi) is 5.14. The number of halogens is 1. The number of nitrogens with zero attached hydrogens (tertiary/aromatic N) is 3. The topological polar surface area (TPSA) is 84.3 Å². The highest BCUT2D eigenvalue weighted by Crippen LogP contribution is 2.30. The number of amides is 3. The number of aryl methyl sites for hydroxylation is 1. The summed E-state index contributed by atoms with van der Waals surface area (Å²) in [6.45, 7) is 2.55. The first-order valence-corrected chi connectivity index (χ1v) is 10.1. The molecule has 0 aliphatic carbocycles. The quantitative estimate of drug-likeness (QED) is 0.497. The number of carbonyl (C=O) groups is 3. The highest BCUT2D eigenvalue weighted by molar-refractivity contribution is 7.20. The molecule has 7 nitrogen and oxygen atoms in total. The lowest BCUT2D eigenvalue weighted by atomic mass is 10.3. The van der Waals surface area contributed by atoms with Crippen LogP contribution < -0.4 is 5.32 Å². The van der Waals surface area contributed by atoms with E-state index in [0.29, 0.717) is 24.4 Å². The minimum absolute atomic E-state index is 0.147. The van der Waals surface area contributed by atoms with Gasteiger partial charge in [-0.1, -0.05) is 0 Å². The molecular weight excluding hydrogens is 395 g/mol. The fourth-order valence-electron chi connectivity index (χ4n) is 3.31. The summed E-state index contributed by atoms with van der Waals surface area (Å²) in [6.07, 6.45) is 1.06. The number of nitrogens with one attached hydrogen (secondary N) is 1. The Balaban J connectivity index is 1.43. The minimum atomic E-state index is -0.322. The number of likely N-dealkylation sites (tertiary alicyclic amines) is 1. The van der Waals surface area contributed by atoms with Gasteiger partial charge in [-0.05, 0) is 43.7 Å². The van der Waals surface area contributed by atoms with Crippen LogP contribution in [0.25, 0.3) is 15.9 Å². The molecule has 0 unspecified atom stereocenters. The molecule has 0 spiro atoms. The number of hydrogen-bond acceptors (Lipinski definition) is 5. The smallest absolute Gasteiger partial charge is 0.261 e. The van der Waals surface area contributed by atoms with Gasteiger partial charge >= 0.3 is 0 Å². The van der Waals surface area contributed by atoms with Crippen LogP contribution in [-0.2, 0) is 9.59 Å². The number of rotatable bonds is 6. The molecule has 1 saturated heterocycles. The van der Waals surface area contributed by atoms with E-state index in [-0.39, 0.29) is 36.4 Å². The van der Waals surface area contributed by atoms with Crippen molar-refractivity contribution >= 4 is 39.3 Å². The third-order valence-corrected chi connectivity index (χ3v) is 5.95. The summed E-state index contributed by atoms with van der Waals surface area (Å²) in [5.41, 5.74) is 1.50. The van der Waals surface area contributed by atoms with E-state index in [1.807, 2.05) is 6.92 Å². The molecular formula is C20H19FN4O3S. The molecule has 4 rings (SSSR count). The van der Waals surface area contributed by atoms with Crippen LogP contribution in [0.4, 0.5) is 4.39 Å². The van der Waals surface area contributed by atoms with E-state index in [1.54, 1.807) is 22.9 Å². The van der Waals surface area contributed by atoms with Crippen molar-refractivity contribution in [3.05, 3.63) is 46.7 Å². The lowest BCUT2D eigenvalue weighted by molar-refractivity contribution is -0.138. The monoisotopic (exact) mass is 414 g/mol. The first-order chi connectivity index (χ1) is 13.9. The minimum Gasteiger partial charge on any atom is -0.351 e. The van der Waals surface area contributed by atoms with Crippen LogP contribution in [0.1, 0.15) is 34.6 Å². The van der Waals surface area contributed by atoms with Gasteiger partial charge in [0, 0.05) is 31.3 Å². The molecule has 1 aliphatic rings. The number of aromatic nitrogens is 2. The third kappa shape index (κ3) is 3.77. The molecule has 3 heterocycles. The van der Waals surface area contributed by atoms with Gasteiger partial charge in [0.1, 0.15) is 10.6 Å². The van der Waals surface area contributed by atoms with Crippen molar-refractivity contribution in [3.63, 3.8) is 0 Å². The van der Waals surface area contributed by atoms with Gasteiger partial charge in [0.2, 0.25) is 11.8 Å². The largest absolute Gasteiger partial charge is 0.351 e. The van der Waals surface area contributed by atoms with E-state index in [2.05, 4.69) is 10.4 Å². The van der Waals surface area contributed by atoms with Crippen molar-refractivity contribution in [1.29, 1.82) is 0 Å². The summed E-state index contributed by atoms with van der Waals surface area (Å²) in [5.74, 6) is -0.828. The van der Waals surface area contributed by atoms with Crippen molar-refractivity contribution in [2.75, 3.05) is 13.1 Å². The van der Waals surface area contributed by atoms with Gasteiger partial charge < -0.3 is 5.32 Å². The van der Waals surface area contributed by atoms with Gasteiger partial charge in [0.25, 0.3) is 5.91 Å². The molecule has 3 amide bonds. The van der Waals surface area contributed by atoms with Gasteiger partial charge in [-0.15, -0.1) is 11.3 Å². The zero-order valence-electron chi connectivity index (χ0n) is 15.8. The number of thiophene rings is 1. The standard InChI is InChI=1S/C20H19FN4O3S/c1-12-15-11-16(19(28)22-9-2-10-24-17(26)7-8-18(24)27)29-20(15)25(23-12)14-5-3-13(21)4-6-14/h3-6,11H,2,7-10H2,1H3,(H,22,28). The summed E-state index contributed by atoms with van der Waals surface area (Å²) in [7, 11) is 0. The summed E-state index contributed by atoms with van der Waals surface area (Å²) in [4.78, 5) is 38.3. The van der Waals surface area contributed by atoms with Crippen LogP contribution in [0.15, 0.2) is 30.3 Å².